The molecule has 6 heteroatoms. The maximum Gasteiger partial charge on any atom is 0.221 e. The van der Waals surface area contributed by atoms with Crippen LogP contribution in [-0.2, 0) is 4.79 Å². The van der Waals surface area contributed by atoms with Crippen molar-refractivity contribution in [1.82, 2.24) is 10.3 Å². The average Bonchev–Trinajstić information content (AvgIpc) is 2.71. The fraction of sp³-hybridized carbons (Fsp3) is 0.333. The molecule has 5 nitrogen and oxygen atoms in total. The topological polar surface area (TPSA) is 80.0 Å². The zero-order chi connectivity index (χ0) is 13.0. The van der Waals surface area contributed by atoms with Gasteiger partial charge in [0.15, 0.2) is 5.13 Å². The maximum absolute atomic E-state index is 11.3. The minimum atomic E-state index is 0.0513. The molecule has 18 heavy (non-hydrogen) atoms. The lowest BCUT2D eigenvalue weighted by atomic mass is 10.3. The molecular weight excluding hydrogens is 248 g/mol. The van der Waals surface area contributed by atoms with E-state index in [-0.39, 0.29) is 5.91 Å². The lowest BCUT2D eigenvalue weighted by molar-refractivity contribution is -0.120. The highest BCUT2D eigenvalue weighted by atomic mass is 32.1. The van der Waals surface area contributed by atoms with Crippen molar-refractivity contribution in [3.63, 3.8) is 0 Å². The number of hydrogen-bond acceptors (Lipinski definition) is 5. The van der Waals surface area contributed by atoms with E-state index in [0.717, 1.165) is 21.0 Å². The number of rotatable bonds is 5. The summed E-state index contributed by atoms with van der Waals surface area (Å²) in [6, 6.07) is 5.64. The van der Waals surface area contributed by atoms with Crippen molar-refractivity contribution in [2.24, 2.45) is 0 Å². The number of benzene rings is 1. The van der Waals surface area contributed by atoms with Crippen LogP contribution in [0.2, 0.25) is 0 Å². The molecule has 0 atom stereocenters. The predicted octanol–water partition coefficient (Wildman–Crippen LogP) is 1.82. The van der Waals surface area contributed by atoms with E-state index in [2.05, 4.69) is 15.6 Å². The minimum Gasteiger partial charge on any atom is -0.399 e. The molecule has 4 N–H and O–H groups in total. The molecular formula is C12H16N4OS. The third-order valence-electron chi connectivity index (χ3n) is 2.41. The summed E-state index contributed by atoms with van der Waals surface area (Å²) in [6.07, 6.45) is 0.450. The van der Waals surface area contributed by atoms with Crippen molar-refractivity contribution >= 4 is 38.3 Å². The van der Waals surface area contributed by atoms with Gasteiger partial charge >= 0.3 is 0 Å². The summed E-state index contributed by atoms with van der Waals surface area (Å²) in [6.45, 7) is 3.16. The van der Waals surface area contributed by atoms with Crippen LogP contribution < -0.4 is 16.4 Å². The van der Waals surface area contributed by atoms with Crippen LogP contribution in [0.4, 0.5) is 10.8 Å². The van der Waals surface area contributed by atoms with Crippen molar-refractivity contribution in [2.75, 3.05) is 24.1 Å². The van der Waals surface area contributed by atoms with E-state index in [9.17, 15) is 4.79 Å². The van der Waals surface area contributed by atoms with Crippen LogP contribution in [0, 0.1) is 0 Å². The number of nitrogens with one attached hydrogen (secondary N) is 2. The molecule has 0 aliphatic carbocycles. The first kappa shape index (κ1) is 12.6. The summed E-state index contributed by atoms with van der Waals surface area (Å²) in [4.78, 5) is 15.7. The fourth-order valence-corrected chi connectivity index (χ4v) is 2.53. The van der Waals surface area contributed by atoms with Gasteiger partial charge in [-0.05, 0) is 25.1 Å². The minimum absolute atomic E-state index is 0.0513. The zero-order valence-electron chi connectivity index (χ0n) is 10.2. The summed E-state index contributed by atoms with van der Waals surface area (Å²) in [7, 11) is 0. The van der Waals surface area contributed by atoms with Gasteiger partial charge in [0.1, 0.15) is 0 Å². The first-order chi connectivity index (χ1) is 8.69. The summed E-state index contributed by atoms with van der Waals surface area (Å²) >= 11 is 1.54. The quantitative estimate of drug-likeness (QED) is 0.720. The molecule has 1 aromatic heterocycles. The first-order valence-corrected chi connectivity index (χ1v) is 6.67. The van der Waals surface area contributed by atoms with Gasteiger partial charge in [0, 0.05) is 25.2 Å². The van der Waals surface area contributed by atoms with Crippen LogP contribution in [0.25, 0.3) is 10.2 Å². The molecule has 2 aromatic rings. The van der Waals surface area contributed by atoms with Crippen molar-refractivity contribution in [3.05, 3.63) is 18.2 Å². The summed E-state index contributed by atoms with van der Waals surface area (Å²) < 4.78 is 1.05. The standard InChI is InChI=1S/C12H16N4OS/c1-2-14-11(17)5-6-15-12-16-9-4-3-8(13)7-10(9)18-12/h3-4,7H,2,5-6,13H2,1H3,(H,14,17)(H,15,16). The molecule has 2 rings (SSSR count). The number of hydrogen-bond donors (Lipinski definition) is 3. The molecule has 1 amide bonds. The Morgan fingerprint density at radius 2 is 2.33 bits per heavy atom. The Hall–Kier alpha value is -1.82. The van der Waals surface area contributed by atoms with E-state index in [1.165, 1.54) is 0 Å². The molecule has 96 valence electrons. The van der Waals surface area contributed by atoms with Gasteiger partial charge in [-0.15, -0.1) is 0 Å². The van der Waals surface area contributed by atoms with E-state index in [4.69, 9.17) is 5.73 Å². The van der Waals surface area contributed by atoms with Crippen molar-refractivity contribution in [3.8, 4) is 0 Å². The van der Waals surface area contributed by atoms with Gasteiger partial charge < -0.3 is 16.4 Å². The molecule has 0 bridgehead atoms. The van der Waals surface area contributed by atoms with Crippen LogP contribution in [-0.4, -0.2) is 24.0 Å². The second-order valence-corrected chi connectivity index (χ2v) is 4.91. The van der Waals surface area contributed by atoms with Crippen LogP contribution in [0.3, 0.4) is 0 Å². The van der Waals surface area contributed by atoms with Gasteiger partial charge in [-0.25, -0.2) is 4.98 Å². The first-order valence-electron chi connectivity index (χ1n) is 5.85. The van der Waals surface area contributed by atoms with Gasteiger partial charge in [-0.1, -0.05) is 11.3 Å². The highest BCUT2D eigenvalue weighted by Gasteiger charge is 2.04. The van der Waals surface area contributed by atoms with E-state index in [1.807, 2.05) is 25.1 Å². The Labute approximate surface area is 109 Å². The molecule has 0 aliphatic rings. The second kappa shape index (κ2) is 5.68. The molecule has 0 aliphatic heterocycles. The number of fused-ring (bicyclic) bond motifs is 1. The van der Waals surface area contributed by atoms with Crippen LogP contribution in [0.15, 0.2) is 18.2 Å². The molecule has 0 saturated carbocycles. The van der Waals surface area contributed by atoms with Crippen LogP contribution in [0.1, 0.15) is 13.3 Å². The molecule has 1 aromatic carbocycles. The third kappa shape index (κ3) is 3.10. The number of nitrogen functional groups attached to an aromatic ring is 1. The average molecular weight is 264 g/mol. The Morgan fingerprint density at radius 1 is 1.50 bits per heavy atom. The van der Waals surface area contributed by atoms with Crippen LogP contribution >= 0.6 is 11.3 Å². The van der Waals surface area contributed by atoms with E-state index in [0.29, 0.717) is 19.5 Å². The van der Waals surface area contributed by atoms with Crippen molar-refractivity contribution < 1.29 is 4.79 Å². The summed E-state index contributed by atoms with van der Waals surface area (Å²) in [5.41, 5.74) is 7.37. The summed E-state index contributed by atoms with van der Waals surface area (Å²) in [5, 5.41) is 6.72. The highest BCUT2D eigenvalue weighted by molar-refractivity contribution is 7.22. The van der Waals surface area contributed by atoms with Gasteiger partial charge in [0.2, 0.25) is 5.91 Å². The number of carbonyl (C=O) groups excluding carboxylic acids is 1. The van der Waals surface area contributed by atoms with E-state index >= 15 is 0 Å². The third-order valence-corrected chi connectivity index (χ3v) is 3.39. The van der Waals surface area contributed by atoms with Gasteiger partial charge in [0.05, 0.1) is 10.2 Å². The number of amides is 1. The highest BCUT2D eigenvalue weighted by Crippen LogP contribution is 2.27. The lowest BCUT2D eigenvalue weighted by Gasteiger charge is -2.02. The Bertz CT molecular complexity index is 552. The number of nitrogens with two attached hydrogens (primary N) is 1. The Balaban J connectivity index is 1.94. The maximum atomic E-state index is 11.3. The molecule has 0 unspecified atom stereocenters. The molecule has 0 radical (unpaired) electrons. The molecule has 0 saturated heterocycles. The number of carbonyl (C=O) groups is 1. The number of nitrogens with zero attached hydrogens (tertiary/aromatic N) is 1. The summed E-state index contributed by atoms with van der Waals surface area (Å²) in [5.74, 6) is 0.0513. The fourth-order valence-electron chi connectivity index (χ4n) is 1.59. The van der Waals surface area contributed by atoms with Crippen molar-refractivity contribution in [1.29, 1.82) is 0 Å². The Morgan fingerprint density at radius 3 is 3.11 bits per heavy atom. The van der Waals surface area contributed by atoms with Crippen LogP contribution in [0.5, 0.6) is 0 Å². The van der Waals surface area contributed by atoms with Gasteiger partial charge in [0.25, 0.3) is 0 Å². The van der Waals surface area contributed by atoms with Gasteiger partial charge in [-0.3, -0.25) is 4.79 Å². The largest absolute Gasteiger partial charge is 0.399 e. The van der Waals surface area contributed by atoms with Gasteiger partial charge in [-0.2, -0.15) is 0 Å². The van der Waals surface area contributed by atoms with Crippen molar-refractivity contribution in [2.45, 2.75) is 13.3 Å². The smallest absolute Gasteiger partial charge is 0.221 e. The molecule has 0 fully saturated rings. The number of aromatic nitrogens is 1. The second-order valence-electron chi connectivity index (χ2n) is 3.88. The normalized spacial score (nSPS) is 10.5. The zero-order valence-corrected chi connectivity index (χ0v) is 11.0. The predicted molar refractivity (Wildman–Crippen MR) is 75.8 cm³/mol. The number of thiazole rings is 1. The monoisotopic (exact) mass is 264 g/mol. The Kier molecular flexibility index (Phi) is 3.99. The molecule has 0 spiro atoms. The SMILES string of the molecule is CCNC(=O)CCNc1nc2ccc(N)cc2s1. The van der Waals surface area contributed by atoms with E-state index < -0.39 is 0 Å². The lowest BCUT2D eigenvalue weighted by Crippen LogP contribution is -2.24. The molecule has 1 heterocycles. The van der Waals surface area contributed by atoms with E-state index in [1.54, 1.807) is 11.3 Å². The number of anilines is 2.